The van der Waals surface area contributed by atoms with E-state index in [9.17, 15) is 4.79 Å². The van der Waals surface area contributed by atoms with Crippen LogP contribution in [0, 0.1) is 0 Å². The lowest BCUT2D eigenvalue weighted by atomic mass is 10.1. The molecule has 24 heavy (non-hydrogen) atoms. The highest BCUT2D eigenvalue weighted by atomic mass is 16.2. The van der Waals surface area contributed by atoms with Crippen LogP contribution >= 0.6 is 0 Å². The number of carbonyl (C=O) groups excluding carboxylic acids is 1. The van der Waals surface area contributed by atoms with E-state index in [1.807, 2.05) is 41.4 Å². The number of nitrogens with zero attached hydrogens (tertiary/aromatic N) is 2. The predicted octanol–water partition coefficient (Wildman–Crippen LogP) is 3.93. The van der Waals surface area contributed by atoms with Gasteiger partial charge >= 0.3 is 0 Å². The second-order valence-electron chi connectivity index (χ2n) is 6.06. The third-order valence-corrected chi connectivity index (χ3v) is 4.27. The molecule has 2 aromatic heterocycles. The Hall–Kier alpha value is -2.62. The van der Waals surface area contributed by atoms with Crippen molar-refractivity contribution >= 4 is 16.8 Å². The molecule has 0 aliphatic heterocycles. The smallest absolute Gasteiger partial charge is 0.227 e. The Morgan fingerprint density at radius 3 is 2.75 bits per heavy atom. The molecule has 0 fully saturated rings. The van der Waals surface area contributed by atoms with Crippen LogP contribution in [0.5, 0.6) is 0 Å². The number of carbonyl (C=O) groups is 1. The molecule has 3 rings (SSSR count). The number of amides is 1. The van der Waals surface area contributed by atoms with Crippen molar-refractivity contribution in [2.45, 2.75) is 32.7 Å². The Morgan fingerprint density at radius 1 is 1.17 bits per heavy atom. The van der Waals surface area contributed by atoms with Crippen LogP contribution in [0.3, 0.4) is 0 Å². The van der Waals surface area contributed by atoms with Crippen LogP contribution in [0.2, 0.25) is 0 Å². The molecule has 1 aromatic carbocycles. The van der Waals surface area contributed by atoms with Crippen molar-refractivity contribution in [1.82, 2.24) is 14.9 Å². The Morgan fingerprint density at radius 2 is 1.96 bits per heavy atom. The average Bonchev–Trinajstić information content (AvgIpc) is 3.02. The molecular weight excluding hydrogens is 298 g/mol. The number of aromatic amines is 1. The van der Waals surface area contributed by atoms with Gasteiger partial charge in [0.05, 0.1) is 6.42 Å². The number of pyridine rings is 1. The topological polar surface area (TPSA) is 49.0 Å². The van der Waals surface area contributed by atoms with Crippen LogP contribution < -0.4 is 0 Å². The third-order valence-electron chi connectivity index (χ3n) is 4.27. The van der Waals surface area contributed by atoms with Gasteiger partial charge in [-0.2, -0.15) is 0 Å². The summed E-state index contributed by atoms with van der Waals surface area (Å²) in [5.41, 5.74) is 3.26. The Balaban J connectivity index is 1.75. The van der Waals surface area contributed by atoms with Crippen molar-refractivity contribution in [3.05, 3.63) is 66.1 Å². The molecule has 3 aromatic rings. The molecule has 0 atom stereocenters. The van der Waals surface area contributed by atoms with Crippen LogP contribution in [-0.2, 0) is 17.8 Å². The first kappa shape index (κ1) is 16.2. The summed E-state index contributed by atoms with van der Waals surface area (Å²) in [6, 6.07) is 12.1. The van der Waals surface area contributed by atoms with E-state index in [2.05, 4.69) is 23.0 Å². The first-order valence-corrected chi connectivity index (χ1v) is 8.49. The molecule has 0 aliphatic carbocycles. The lowest BCUT2D eigenvalue weighted by Crippen LogP contribution is -2.32. The summed E-state index contributed by atoms with van der Waals surface area (Å²) >= 11 is 0. The van der Waals surface area contributed by atoms with E-state index in [-0.39, 0.29) is 5.91 Å². The van der Waals surface area contributed by atoms with Gasteiger partial charge in [-0.25, -0.2) is 0 Å². The van der Waals surface area contributed by atoms with Crippen LogP contribution in [0.15, 0.2) is 55.0 Å². The molecule has 1 amide bonds. The number of unbranched alkanes of at least 4 members (excludes halogenated alkanes) is 1. The Bertz CT molecular complexity index is 795. The summed E-state index contributed by atoms with van der Waals surface area (Å²) in [6.45, 7) is 3.58. The quantitative estimate of drug-likeness (QED) is 0.716. The van der Waals surface area contributed by atoms with Gasteiger partial charge in [0.25, 0.3) is 0 Å². The van der Waals surface area contributed by atoms with E-state index in [0.29, 0.717) is 13.0 Å². The third kappa shape index (κ3) is 3.82. The number of H-pyrrole nitrogens is 1. The zero-order valence-corrected chi connectivity index (χ0v) is 14.0. The van der Waals surface area contributed by atoms with E-state index in [1.165, 1.54) is 0 Å². The molecular formula is C20H23N3O. The van der Waals surface area contributed by atoms with E-state index in [0.717, 1.165) is 41.4 Å². The van der Waals surface area contributed by atoms with Crippen LogP contribution in [0.25, 0.3) is 10.9 Å². The van der Waals surface area contributed by atoms with Gasteiger partial charge in [0.15, 0.2) is 0 Å². The zero-order valence-electron chi connectivity index (χ0n) is 14.0. The number of nitrogens with one attached hydrogen (secondary N) is 1. The maximum atomic E-state index is 12.9. The molecule has 1 N–H and O–H groups in total. The van der Waals surface area contributed by atoms with E-state index >= 15 is 0 Å². The van der Waals surface area contributed by atoms with Gasteiger partial charge in [-0.3, -0.25) is 9.78 Å². The second-order valence-corrected chi connectivity index (χ2v) is 6.06. The number of fused-ring (bicyclic) bond motifs is 1. The van der Waals surface area contributed by atoms with E-state index in [1.54, 1.807) is 12.4 Å². The van der Waals surface area contributed by atoms with Crippen LogP contribution in [-0.4, -0.2) is 27.3 Å². The molecule has 0 radical (unpaired) electrons. The van der Waals surface area contributed by atoms with Gasteiger partial charge in [0.2, 0.25) is 5.91 Å². The maximum Gasteiger partial charge on any atom is 0.227 e. The van der Waals surface area contributed by atoms with Crippen LogP contribution in [0.1, 0.15) is 30.9 Å². The van der Waals surface area contributed by atoms with E-state index in [4.69, 9.17) is 0 Å². The minimum Gasteiger partial charge on any atom is -0.361 e. The number of rotatable bonds is 7. The molecule has 0 bridgehead atoms. The summed E-state index contributed by atoms with van der Waals surface area (Å²) in [5.74, 6) is 0.171. The molecule has 124 valence electrons. The lowest BCUT2D eigenvalue weighted by Gasteiger charge is -2.22. The number of hydrogen-bond acceptors (Lipinski definition) is 2. The molecule has 0 saturated heterocycles. The molecule has 4 heteroatoms. The number of benzene rings is 1. The van der Waals surface area contributed by atoms with Crippen molar-refractivity contribution in [2.24, 2.45) is 0 Å². The van der Waals surface area contributed by atoms with Gasteiger partial charge < -0.3 is 9.88 Å². The first-order chi connectivity index (χ1) is 11.8. The van der Waals surface area contributed by atoms with Gasteiger partial charge in [-0.05, 0) is 35.7 Å². The molecule has 0 saturated carbocycles. The summed E-state index contributed by atoms with van der Waals surface area (Å²) in [5, 5.41) is 1.13. The minimum absolute atomic E-state index is 0.171. The predicted molar refractivity (Wildman–Crippen MR) is 96.6 cm³/mol. The SMILES string of the molecule is CCCCN(Cc1ccncc1)C(=O)Cc1c[nH]c2ccccc12. The summed E-state index contributed by atoms with van der Waals surface area (Å²) in [6.07, 6.45) is 8.03. The van der Waals surface area contributed by atoms with Crippen molar-refractivity contribution < 1.29 is 4.79 Å². The monoisotopic (exact) mass is 321 g/mol. The van der Waals surface area contributed by atoms with Crippen molar-refractivity contribution in [1.29, 1.82) is 0 Å². The highest BCUT2D eigenvalue weighted by Crippen LogP contribution is 2.19. The van der Waals surface area contributed by atoms with Crippen LogP contribution in [0.4, 0.5) is 0 Å². The van der Waals surface area contributed by atoms with Gasteiger partial charge in [-0.1, -0.05) is 31.5 Å². The molecule has 2 heterocycles. The highest BCUT2D eigenvalue weighted by molar-refractivity contribution is 5.88. The van der Waals surface area contributed by atoms with Gasteiger partial charge in [0, 0.05) is 42.6 Å². The molecule has 4 nitrogen and oxygen atoms in total. The number of hydrogen-bond donors (Lipinski definition) is 1. The molecule has 0 spiro atoms. The van der Waals surface area contributed by atoms with Gasteiger partial charge in [0.1, 0.15) is 0 Å². The average molecular weight is 321 g/mol. The standard InChI is InChI=1S/C20H23N3O/c1-2-3-12-23(15-16-8-10-21-11-9-16)20(24)13-17-14-22-19-7-5-4-6-18(17)19/h4-11,14,22H,2-3,12-13,15H2,1H3. The number of aromatic nitrogens is 2. The minimum atomic E-state index is 0.171. The van der Waals surface area contributed by atoms with Crippen molar-refractivity contribution in [3.63, 3.8) is 0 Å². The first-order valence-electron chi connectivity index (χ1n) is 8.49. The molecule has 0 unspecified atom stereocenters. The van der Waals surface area contributed by atoms with E-state index < -0.39 is 0 Å². The Labute approximate surface area is 142 Å². The van der Waals surface area contributed by atoms with Crippen molar-refractivity contribution in [3.8, 4) is 0 Å². The normalized spacial score (nSPS) is 10.9. The van der Waals surface area contributed by atoms with Crippen molar-refractivity contribution in [2.75, 3.05) is 6.54 Å². The fourth-order valence-electron chi connectivity index (χ4n) is 2.90. The fraction of sp³-hybridized carbons (Fsp3) is 0.300. The highest BCUT2D eigenvalue weighted by Gasteiger charge is 2.16. The lowest BCUT2D eigenvalue weighted by molar-refractivity contribution is -0.131. The number of para-hydroxylation sites is 1. The zero-order chi connectivity index (χ0) is 16.8. The largest absolute Gasteiger partial charge is 0.361 e. The molecule has 0 aliphatic rings. The summed E-state index contributed by atoms with van der Waals surface area (Å²) in [4.78, 5) is 22.1. The van der Waals surface area contributed by atoms with Gasteiger partial charge in [-0.15, -0.1) is 0 Å². The summed E-state index contributed by atoms with van der Waals surface area (Å²) in [7, 11) is 0. The second kappa shape index (κ2) is 7.77. The summed E-state index contributed by atoms with van der Waals surface area (Å²) < 4.78 is 0. The fourth-order valence-corrected chi connectivity index (χ4v) is 2.90. The Kier molecular flexibility index (Phi) is 5.26. The maximum absolute atomic E-state index is 12.9.